The van der Waals surface area contributed by atoms with Crippen LogP contribution < -0.4 is 5.84 Å². The molecule has 0 atom stereocenters. The Hall–Kier alpha value is -1.82. The second-order valence-electron chi connectivity index (χ2n) is 1.11. The van der Waals surface area contributed by atoms with E-state index in [9.17, 15) is 0 Å². The predicted octanol–water partition coefficient (Wildman–Crippen LogP) is -0.671. The van der Waals surface area contributed by atoms with Crippen molar-refractivity contribution in [1.29, 1.82) is 0 Å². The van der Waals surface area contributed by atoms with Gasteiger partial charge >= 0.3 is 0 Å². The first kappa shape index (κ1) is 5.32. The monoisotopic (exact) mass is 126 g/mol. The molecule has 8 heteroatoms. The SMILES string of the molecule is [N-]=[N+]=Nc1nnnn1N. The van der Waals surface area contributed by atoms with E-state index in [2.05, 4.69) is 25.6 Å². The van der Waals surface area contributed by atoms with E-state index in [0.29, 0.717) is 0 Å². The van der Waals surface area contributed by atoms with E-state index in [-0.39, 0.29) is 5.95 Å². The maximum atomic E-state index is 7.86. The molecular weight excluding hydrogens is 124 g/mol. The van der Waals surface area contributed by atoms with Crippen LogP contribution in [0.2, 0.25) is 0 Å². The lowest BCUT2D eigenvalue weighted by Crippen LogP contribution is -2.08. The van der Waals surface area contributed by atoms with Gasteiger partial charge < -0.3 is 5.84 Å². The number of nitrogens with two attached hydrogens (primary N) is 1. The quantitative estimate of drug-likeness (QED) is 0.232. The summed E-state index contributed by atoms with van der Waals surface area (Å²) in [5, 5.41) is 12.6. The topological polar surface area (TPSA) is 118 Å². The fourth-order valence-electron chi connectivity index (χ4n) is 0.295. The standard InChI is InChI=1S/CH2N8/c2-6-4-1-5-7-8-9(1)3/h3H2. The van der Waals surface area contributed by atoms with Crippen molar-refractivity contribution >= 4 is 5.95 Å². The second-order valence-corrected chi connectivity index (χ2v) is 1.11. The van der Waals surface area contributed by atoms with Crippen LogP contribution in [-0.2, 0) is 0 Å². The minimum atomic E-state index is -0.0579. The zero-order chi connectivity index (χ0) is 6.69. The number of azide groups is 1. The number of tetrazole rings is 1. The smallest absolute Gasteiger partial charge is 0.260 e. The summed E-state index contributed by atoms with van der Waals surface area (Å²) in [7, 11) is 0. The van der Waals surface area contributed by atoms with Gasteiger partial charge in [-0.2, -0.15) is 0 Å². The van der Waals surface area contributed by atoms with Gasteiger partial charge in [0.05, 0.1) is 0 Å². The van der Waals surface area contributed by atoms with Gasteiger partial charge in [0.2, 0.25) is 0 Å². The van der Waals surface area contributed by atoms with Gasteiger partial charge in [-0.3, -0.25) is 0 Å². The van der Waals surface area contributed by atoms with Gasteiger partial charge in [-0.05, 0) is 21.1 Å². The molecule has 2 N–H and O–H groups in total. The zero-order valence-electron chi connectivity index (χ0n) is 4.21. The third kappa shape index (κ3) is 0.864. The van der Waals surface area contributed by atoms with Crippen LogP contribution in [0.15, 0.2) is 5.11 Å². The fraction of sp³-hybridized carbons (Fsp3) is 0. The van der Waals surface area contributed by atoms with Crippen molar-refractivity contribution < 1.29 is 0 Å². The van der Waals surface area contributed by atoms with Crippen LogP contribution in [0.3, 0.4) is 0 Å². The maximum absolute atomic E-state index is 7.86. The molecule has 0 aliphatic carbocycles. The highest BCUT2D eigenvalue weighted by Gasteiger charge is 1.95. The number of aromatic nitrogens is 4. The van der Waals surface area contributed by atoms with Crippen molar-refractivity contribution in [2.75, 3.05) is 5.84 Å². The number of hydrogen-bond acceptors (Lipinski definition) is 5. The number of rotatable bonds is 1. The molecule has 0 saturated heterocycles. The number of nitrogen functional groups attached to an aromatic ring is 1. The highest BCUT2D eigenvalue weighted by Crippen LogP contribution is 1.97. The maximum Gasteiger partial charge on any atom is 0.260 e. The van der Waals surface area contributed by atoms with E-state index >= 15 is 0 Å². The van der Waals surface area contributed by atoms with Gasteiger partial charge in [-0.25, -0.2) is 0 Å². The fourth-order valence-corrected chi connectivity index (χ4v) is 0.295. The Morgan fingerprint density at radius 2 is 2.56 bits per heavy atom. The van der Waals surface area contributed by atoms with E-state index in [1.165, 1.54) is 0 Å². The van der Waals surface area contributed by atoms with Crippen LogP contribution in [0.25, 0.3) is 10.4 Å². The molecule has 0 unspecified atom stereocenters. The minimum absolute atomic E-state index is 0.0579. The Kier molecular flexibility index (Phi) is 1.16. The van der Waals surface area contributed by atoms with Crippen molar-refractivity contribution in [3.8, 4) is 0 Å². The first-order chi connectivity index (χ1) is 4.34. The molecule has 0 spiro atoms. The highest BCUT2D eigenvalue weighted by molar-refractivity contribution is 5.08. The van der Waals surface area contributed by atoms with Crippen molar-refractivity contribution in [2.45, 2.75) is 0 Å². The summed E-state index contributed by atoms with van der Waals surface area (Å²) in [6, 6.07) is 0. The Morgan fingerprint density at radius 3 is 3.00 bits per heavy atom. The summed E-state index contributed by atoms with van der Waals surface area (Å²) in [5.74, 6) is 4.98. The lowest BCUT2D eigenvalue weighted by atomic mass is 11.1. The Labute approximate surface area is 48.9 Å². The summed E-state index contributed by atoms with van der Waals surface area (Å²) in [6.07, 6.45) is 0. The van der Waals surface area contributed by atoms with E-state index < -0.39 is 0 Å². The first-order valence-electron chi connectivity index (χ1n) is 1.93. The Balaban J connectivity index is 3.07. The molecular formula is CH2N8. The summed E-state index contributed by atoms with van der Waals surface area (Å²) in [4.78, 5) is 3.20. The Bertz CT molecular complexity index is 239. The third-order valence-corrected chi connectivity index (χ3v) is 0.610. The van der Waals surface area contributed by atoms with Gasteiger partial charge in [0.15, 0.2) is 0 Å². The molecule has 0 saturated carbocycles. The molecule has 0 aliphatic heterocycles. The van der Waals surface area contributed by atoms with Crippen LogP contribution in [0, 0.1) is 0 Å². The van der Waals surface area contributed by atoms with Gasteiger partial charge in [0, 0.05) is 4.91 Å². The molecule has 1 heterocycles. The number of nitrogens with zero attached hydrogens (tertiary/aromatic N) is 7. The molecule has 9 heavy (non-hydrogen) atoms. The lowest BCUT2D eigenvalue weighted by Gasteiger charge is -1.82. The van der Waals surface area contributed by atoms with Crippen LogP contribution in [-0.4, -0.2) is 20.3 Å². The van der Waals surface area contributed by atoms with Crippen molar-refractivity contribution in [2.24, 2.45) is 5.11 Å². The molecule has 0 bridgehead atoms. The normalized spacial score (nSPS) is 8.44. The minimum Gasteiger partial charge on any atom is -0.320 e. The van der Waals surface area contributed by atoms with Crippen LogP contribution in [0.4, 0.5) is 5.95 Å². The summed E-state index contributed by atoms with van der Waals surface area (Å²) < 4.78 is 0. The summed E-state index contributed by atoms with van der Waals surface area (Å²) in [5.41, 5.74) is 7.86. The average Bonchev–Trinajstić information content (AvgIpc) is 2.18. The summed E-state index contributed by atoms with van der Waals surface area (Å²) in [6.45, 7) is 0. The van der Waals surface area contributed by atoms with Crippen LogP contribution >= 0.6 is 0 Å². The van der Waals surface area contributed by atoms with Gasteiger partial charge in [-0.1, -0.05) is 0 Å². The molecule has 8 nitrogen and oxygen atoms in total. The highest BCUT2D eigenvalue weighted by atomic mass is 15.7. The largest absolute Gasteiger partial charge is 0.320 e. The van der Waals surface area contributed by atoms with Crippen LogP contribution in [0.1, 0.15) is 0 Å². The zero-order valence-corrected chi connectivity index (χ0v) is 4.21. The van der Waals surface area contributed by atoms with Gasteiger partial charge in [0.1, 0.15) is 0 Å². The average molecular weight is 126 g/mol. The van der Waals surface area contributed by atoms with E-state index in [0.717, 1.165) is 4.79 Å². The third-order valence-electron chi connectivity index (χ3n) is 0.610. The molecule has 0 aromatic carbocycles. The molecule has 1 rings (SSSR count). The van der Waals surface area contributed by atoms with Gasteiger partial charge in [0.25, 0.3) is 5.95 Å². The number of hydrogen-bond donors (Lipinski definition) is 1. The van der Waals surface area contributed by atoms with E-state index in [4.69, 9.17) is 11.4 Å². The molecule has 0 amide bonds. The molecule has 1 aromatic rings. The van der Waals surface area contributed by atoms with E-state index in [1.807, 2.05) is 0 Å². The molecule has 0 radical (unpaired) electrons. The summed E-state index contributed by atoms with van der Waals surface area (Å²) >= 11 is 0. The van der Waals surface area contributed by atoms with Crippen LogP contribution in [0.5, 0.6) is 0 Å². The van der Waals surface area contributed by atoms with Gasteiger partial charge in [-0.15, -0.1) is 9.89 Å². The Morgan fingerprint density at radius 1 is 1.78 bits per heavy atom. The predicted molar refractivity (Wildman–Crippen MR) is 26.8 cm³/mol. The van der Waals surface area contributed by atoms with Crippen molar-refractivity contribution in [3.05, 3.63) is 10.4 Å². The van der Waals surface area contributed by atoms with E-state index in [1.54, 1.807) is 0 Å². The molecule has 0 aliphatic rings. The lowest BCUT2D eigenvalue weighted by molar-refractivity contribution is 0.757. The molecule has 1 aromatic heterocycles. The molecule has 46 valence electrons. The first-order valence-corrected chi connectivity index (χ1v) is 1.93. The second kappa shape index (κ2) is 1.97. The van der Waals surface area contributed by atoms with Crippen molar-refractivity contribution in [3.63, 3.8) is 0 Å². The van der Waals surface area contributed by atoms with Crippen molar-refractivity contribution in [1.82, 2.24) is 20.3 Å². The molecule has 0 fully saturated rings.